The van der Waals surface area contributed by atoms with E-state index in [0.717, 1.165) is 0 Å². The van der Waals surface area contributed by atoms with Crippen molar-refractivity contribution >= 4 is 11.6 Å². The first-order chi connectivity index (χ1) is 8.92. The third-order valence-electron chi connectivity index (χ3n) is 2.57. The number of aryl methyl sites for hydroxylation is 1. The molecule has 0 bridgehead atoms. The van der Waals surface area contributed by atoms with Crippen LogP contribution < -0.4 is 10.6 Å². The van der Waals surface area contributed by atoms with Crippen LogP contribution in [-0.2, 0) is 11.2 Å². The van der Waals surface area contributed by atoms with Crippen LogP contribution in [-0.4, -0.2) is 25.7 Å². The minimum Gasteiger partial charge on any atom is -0.326 e. The molecule has 0 aliphatic carbocycles. The number of halogens is 3. The quantitative estimate of drug-likeness (QED) is 0.837. The highest BCUT2D eigenvalue weighted by atomic mass is 19.4. The summed E-state index contributed by atoms with van der Waals surface area (Å²) in [6.45, 7) is 0.524. The summed E-state index contributed by atoms with van der Waals surface area (Å²) in [6.07, 6.45) is -4.93. The lowest BCUT2D eigenvalue weighted by Gasteiger charge is -2.12. The Morgan fingerprint density at radius 3 is 2.58 bits per heavy atom. The van der Waals surface area contributed by atoms with Crippen molar-refractivity contribution in [2.75, 3.05) is 18.9 Å². The summed E-state index contributed by atoms with van der Waals surface area (Å²) >= 11 is 0. The predicted molar refractivity (Wildman–Crippen MR) is 68.0 cm³/mol. The molecule has 0 heterocycles. The standard InChI is InChI=1S/C13H17F3N2O/c1-17-9-7-12(19)18-11-5-3-2-4-10(11)6-8-13(14,15)16/h2-5,17H,6-9H2,1H3,(H,18,19). The lowest BCUT2D eigenvalue weighted by atomic mass is 10.1. The van der Waals surface area contributed by atoms with Gasteiger partial charge in [0.25, 0.3) is 0 Å². The van der Waals surface area contributed by atoms with Crippen molar-refractivity contribution in [2.24, 2.45) is 0 Å². The molecular formula is C13H17F3N2O. The topological polar surface area (TPSA) is 41.1 Å². The molecule has 0 saturated heterocycles. The smallest absolute Gasteiger partial charge is 0.326 e. The van der Waals surface area contributed by atoms with Gasteiger partial charge >= 0.3 is 6.18 Å². The van der Waals surface area contributed by atoms with Gasteiger partial charge in [-0.25, -0.2) is 0 Å². The summed E-state index contributed by atoms with van der Waals surface area (Å²) in [5.74, 6) is -0.214. The molecule has 6 heteroatoms. The molecule has 0 atom stereocenters. The third kappa shape index (κ3) is 6.24. The van der Waals surface area contributed by atoms with E-state index in [4.69, 9.17) is 0 Å². The fourth-order valence-corrected chi connectivity index (χ4v) is 1.59. The second-order valence-corrected chi connectivity index (χ2v) is 4.17. The maximum atomic E-state index is 12.2. The second-order valence-electron chi connectivity index (χ2n) is 4.17. The van der Waals surface area contributed by atoms with Crippen molar-refractivity contribution in [2.45, 2.75) is 25.4 Å². The number of nitrogens with one attached hydrogen (secondary N) is 2. The zero-order chi connectivity index (χ0) is 14.3. The molecule has 0 fully saturated rings. The van der Waals surface area contributed by atoms with Gasteiger partial charge in [0, 0.05) is 25.1 Å². The van der Waals surface area contributed by atoms with Gasteiger partial charge < -0.3 is 10.6 Å². The van der Waals surface area contributed by atoms with E-state index < -0.39 is 12.6 Å². The average molecular weight is 274 g/mol. The summed E-state index contributed by atoms with van der Waals surface area (Å²) in [4.78, 5) is 11.6. The van der Waals surface area contributed by atoms with Gasteiger partial charge in [-0.15, -0.1) is 0 Å². The Bertz CT molecular complexity index is 419. The molecule has 19 heavy (non-hydrogen) atoms. The first-order valence-corrected chi connectivity index (χ1v) is 6.01. The van der Waals surface area contributed by atoms with Crippen LogP contribution in [0.5, 0.6) is 0 Å². The van der Waals surface area contributed by atoms with E-state index in [-0.39, 0.29) is 18.7 Å². The number of alkyl halides is 3. The number of hydrogen-bond donors (Lipinski definition) is 2. The first-order valence-electron chi connectivity index (χ1n) is 6.01. The number of amides is 1. The number of para-hydroxylation sites is 1. The lowest BCUT2D eigenvalue weighted by Crippen LogP contribution is -2.19. The molecule has 0 aliphatic rings. The summed E-state index contributed by atoms with van der Waals surface area (Å²) < 4.78 is 36.6. The average Bonchev–Trinajstić information content (AvgIpc) is 2.34. The van der Waals surface area contributed by atoms with Gasteiger partial charge in [-0.05, 0) is 25.1 Å². The number of carbonyl (C=O) groups excluding carboxylic acids is 1. The van der Waals surface area contributed by atoms with E-state index >= 15 is 0 Å². The van der Waals surface area contributed by atoms with E-state index in [0.29, 0.717) is 17.8 Å². The largest absolute Gasteiger partial charge is 0.389 e. The van der Waals surface area contributed by atoms with Crippen LogP contribution in [0.3, 0.4) is 0 Å². The fraction of sp³-hybridized carbons (Fsp3) is 0.462. The number of benzene rings is 1. The molecule has 1 aromatic rings. The molecule has 0 unspecified atom stereocenters. The second kappa shape index (κ2) is 7.13. The van der Waals surface area contributed by atoms with Crippen molar-refractivity contribution in [3.63, 3.8) is 0 Å². The van der Waals surface area contributed by atoms with Crippen molar-refractivity contribution in [3.05, 3.63) is 29.8 Å². The molecule has 0 aliphatic heterocycles. The SMILES string of the molecule is CNCCC(=O)Nc1ccccc1CCC(F)(F)F. The van der Waals surface area contributed by atoms with E-state index in [1.165, 1.54) is 0 Å². The summed E-state index contributed by atoms with van der Waals surface area (Å²) in [5.41, 5.74) is 0.950. The lowest BCUT2D eigenvalue weighted by molar-refractivity contribution is -0.133. The molecule has 106 valence electrons. The maximum absolute atomic E-state index is 12.2. The molecule has 2 N–H and O–H groups in total. The number of hydrogen-bond acceptors (Lipinski definition) is 2. The minimum absolute atomic E-state index is 0.133. The minimum atomic E-state index is -4.19. The number of anilines is 1. The van der Waals surface area contributed by atoms with Crippen molar-refractivity contribution in [1.82, 2.24) is 5.32 Å². The van der Waals surface area contributed by atoms with Crippen LogP contribution in [0.1, 0.15) is 18.4 Å². The number of rotatable bonds is 6. The number of carbonyl (C=O) groups is 1. The van der Waals surface area contributed by atoms with Crippen LogP contribution in [0.2, 0.25) is 0 Å². The summed E-state index contributed by atoms with van der Waals surface area (Å²) in [7, 11) is 1.73. The van der Waals surface area contributed by atoms with Gasteiger partial charge in [0.2, 0.25) is 5.91 Å². The molecule has 0 saturated carbocycles. The van der Waals surface area contributed by atoms with E-state index in [1.807, 2.05) is 0 Å². The third-order valence-corrected chi connectivity index (χ3v) is 2.57. The molecule has 1 amide bonds. The monoisotopic (exact) mass is 274 g/mol. The van der Waals surface area contributed by atoms with E-state index in [9.17, 15) is 18.0 Å². The van der Waals surface area contributed by atoms with Gasteiger partial charge in [0.05, 0.1) is 0 Å². The van der Waals surface area contributed by atoms with Gasteiger partial charge in [-0.3, -0.25) is 4.79 Å². The fourth-order valence-electron chi connectivity index (χ4n) is 1.59. The molecule has 0 spiro atoms. The maximum Gasteiger partial charge on any atom is 0.389 e. The highest BCUT2D eigenvalue weighted by Gasteiger charge is 2.26. The van der Waals surface area contributed by atoms with Crippen LogP contribution in [0, 0.1) is 0 Å². The van der Waals surface area contributed by atoms with Crippen LogP contribution in [0.25, 0.3) is 0 Å². The van der Waals surface area contributed by atoms with E-state index in [2.05, 4.69) is 10.6 Å². The van der Waals surface area contributed by atoms with Crippen LogP contribution in [0.4, 0.5) is 18.9 Å². The van der Waals surface area contributed by atoms with Gasteiger partial charge in [-0.2, -0.15) is 13.2 Å². The molecular weight excluding hydrogens is 257 g/mol. The molecule has 1 rings (SSSR count). The Hall–Kier alpha value is -1.56. The molecule has 3 nitrogen and oxygen atoms in total. The summed E-state index contributed by atoms with van der Waals surface area (Å²) in [5, 5.41) is 5.47. The summed E-state index contributed by atoms with van der Waals surface area (Å²) in [6, 6.07) is 6.56. The highest BCUT2D eigenvalue weighted by molar-refractivity contribution is 5.91. The van der Waals surface area contributed by atoms with Gasteiger partial charge in [0.15, 0.2) is 0 Å². The van der Waals surface area contributed by atoms with Crippen molar-refractivity contribution in [1.29, 1.82) is 0 Å². The van der Waals surface area contributed by atoms with Gasteiger partial charge in [-0.1, -0.05) is 18.2 Å². The Morgan fingerprint density at radius 2 is 1.95 bits per heavy atom. The molecule has 0 aromatic heterocycles. The molecule has 0 radical (unpaired) electrons. The van der Waals surface area contributed by atoms with Crippen molar-refractivity contribution < 1.29 is 18.0 Å². The predicted octanol–water partition coefficient (Wildman–Crippen LogP) is 2.73. The molecule has 1 aromatic carbocycles. The van der Waals surface area contributed by atoms with Crippen LogP contribution >= 0.6 is 0 Å². The normalized spacial score (nSPS) is 11.4. The Morgan fingerprint density at radius 1 is 1.26 bits per heavy atom. The Labute approximate surface area is 110 Å². The van der Waals surface area contributed by atoms with Gasteiger partial charge in [0.1, 0.15) is 0 Å². The zero-order valence-electron chi connectivity index (χ0n) is 10.7. The Kier molecular flexibility index (Phi) is 5.82. The van der Waals surface area contributed by atoms with Crippen molar-refractivity contribution in [3.8, 4) is 0 Å². The zero-order valence-corrected chi connectivity index (χ0v) is 10.7. The first kappa shape index (κ1) is 15.5. The Balaban J connectivity index is 2.65. The highest BCUT2D eigenvalue weighted by Crippen LogP contribution is 2.25. The van der Waals surface area contributed by atoms with E-state index in [1.54, 1.807) is 31.3 Å². The van der Waals surface area contributed by atoms with Crippen LogP contribution in [0.15, 0.2) is 24.3 Å².